The summed E-state index contributed by atoms with van der Waals surface area (Å²) in [4.78, 5) is 60.4. The van der Waals surface area contributed by atoms with Crippen LogP contribution in [-0.2, 0) is 39.4 Å². The van der Waals surface area contributed by atoms with E-state index in [9.17, 15) is 36.0 Å². The Kier molecular flexibility index (Phi) is 15.8. The molecule has 0 aliphatic heterocycles. The van der Waals surface area contributed by atoms with Crippen molar-refractivity contribution in [1.82, 2.24) is 25.3 Å². The number of ether oxygens (including phenoxy) is 1. The number of aromatic nitrogens is 4. The molecule has 0 radical (unpaired) electrons. The Morgan fingerprint density at radius 3 is 1.47 bits per heavy atom. The van der Waals surface area contributed by atoms with Gasteiger partial charge in [-0.15, -0.1) is 0 Å². The van der Waals surface area contributed by atoms with Crippen LogP contribution in [0.3, 0.4) is 0 Å². The molecule has 2 saturated carbocycles. The molecule has 23 heteroatoms. The molecule has 4 aromatic carbocycles. The maximum Gasteiger partial charge on any atom is 0.408 e. The van der Waals surface area contributed by atoms with Crippen LogP contribution in [0.2, 0.25) is 0 Å². The van der Waals surface area contributed by atoms with Gasteiger partial charge in [0.2, 0.25) is 23.7 Å². The molecular formula is C47H55N9O12S2. The van der Waals surface area contributed by atoms with Gasteiger partial charge in [-0.25, -0.2) is 14.8 Å². The van der Waals surface area contributed by atoms with Crippen molar-refractivity contribution in [3.05, 3.63) is 84.9 Å². The van der Waals surface area contributed by atoms with Gasteiger partial charge in [0.05, 0.1) is 28.5 Å². The molecule has 0 bridgehead atoms. The lowest BCUT2D eigenvalue weighted by Crippen LogP contribution is -2.37. The van der Waals surface area contributed by atoms with E-state index in [1.807, 2.05) is 0 Å². The SMILES string of the molecule is CC(C)(C)OC(=O)NCC(=O)Nc1nc2ccc(OS(=O)(=O)c3ccc(NC4CCCC4)cc3)cc2[nH]1.O=C(O)CCC(=O)Nc1nc2ccc(OS(=O)(=O)c3ccc(NC4CCCC4)cc3)cc2[nH]1. The number of anilines is 4. The smallest absolute Gasteiger partial charge is 0.408 e. The molecule has 2 heterocycles. The molecule has 372 valence electrons. The normalized spacial score (nSPS) is 14.3. The molecule has 3 amide bonds. The molecule has 2 aromatic heterocycles. The van der Waals surface area contributed by atoms with Gasteiger partial charge < -0.3 is 44.1 Å². The second kappa shape index (κ2) is 21.9. The van der Waals surface area contributed by atoms with Crippen molar-refractivity contribution in [2.75, 3.05) is 27.8 Å². The highest BCUT2D eigenvalue weighted by atomic mass is 32.2. The molecular weight excluding hydrogens is 947 g/mol. The van der Waals surface area contributed by atoms with Crippen molar-refractivity contribution in [2.45, 2.75) is 112 Å². The molecule has 6 aromatic rings. The molecule has 8 N–H and O–H groups in total. The number of nitrogens with zero attached hydrogens (tertiary/aromatic N) is 2. The van der Waals surface area contributed by atoms with Gasteiger partial charge in [-0.05, 0) is 119 Å². The summed E-state index contributed by atoms with van der Waals surface area (Å²) in [6.45, 7) is 4.84. The zero-order valence-electron chi connectivity index (χ0n) is 38.7. The lowest BCUT2D eigenvalue weighted by Gasteiger charge is -2.19. The third kappa shape index (κ3) is 14.6. The molecule has 0 atom stereocenters. The highest BCUT2D eigenvalue weighted by molar-refractivity contribution is 7.87. The first kappa shape index (κ1) is 50.5. The van der Waals surface area contributed by atoms with E-state index in [1.165, 1.54) is 74.2 Å². The number of nitrogens with one attached hydrogen (secondary N) is 7. The molecule has 2 fully saturated rings. The Morgan fingerprint density at radius 1 is 0.629 bits per heavy atom. The average molecular weight is 1000 g/mol. The minimum Gasteiger partial charge on any atom is -0.481 e. The van der Waals surface area contributed by atoms with Gasteiger partial charge in [-0.2, -0.15) is 16.8 Å². The number of hydrogen-bond acceptors (Lipinski definition) is 15. The maximum absolute atomic E-state index is 12.8. The second-order valence-electron chi connectivity index (χ2n) is 17.7. The highest BCUT2D eigenvalue weighted by Crippen LogP contribution is 2.29. The van der Waals surface area contributed by atoms with Gasteiger partial charge in [0, 0.05) is 42.0 Å². The van der Waals surface area contributed by atoms with Gasteiger partial charge >= 0.3 is 32.3 Å². The van der Waals surface area contributed by atoms with Crippen LogP contribution in [0.5, 0.6) is 11.5 Å². The van der Waals surface area contributed by atoms with Crippen LogP contribution in [0, 0.1) is 0 Å². The first-order chi connectivity index (χ1) is 33.2. The Hall–Kier alpha value is -7.40. The van der Waals surface area contributed by atoms with Crippen LogP contribution in [0.1, 0.15) is 85.0 Å². The summed E-state index contributed by atoms with van der Waals surface area (Å²) < 4.78 is 66.7. The second-order valence-corrected chi connectivity index (χ2v) is 20.8. The molecule has 2 aliphatic carbocycles. The number of alkyl carbamates (subject to hydrolysis) is 1. The number of imidazole rings is 2. The molecule has 0 saturated heterocycles. The van der Waals surface area contributed by atoms with E-state index < -0.39 is 49.7 Å². The highest BCUT2D eigenvalue weighted by Gasteiger charge is 2.22. The third-order valence-electron chi connectivity index (χ3n) is 10.9. The molecule has 2 aliphatic rings. The summed E-state index contributed by atoms with van der Waals surface area (Å²) in [6, 6.07) is 22.8. The van der Waals surface area contributed by atoms with Gasteiger partial charge in [0.1, 0.15) is 33.4 Å². The van der Waals surface area contributed by atoms with E-state index in [0.717, 1.165) is 37.1 Å². The maximum atomic E-state index is 12.8. The minimum atomic E-state index is -4.05. The van der Waals surface area contributed by atoms with Crippen molar-refractivity contribution in [1.29, 1.82) is 0 Å². The quantitative estimate of drug-likeness (QED) is 0.0407. The Labute approximate surface area is 404 Å². The van der Waals surface area contributed by atoms with Crippen molar-refractivity contribution in [2.24, 2.45) is 0 Å². The van der Waals surface area contributed by atoms with Gasteiger partial charge in [0.25, 0.3) is 0 Å². The monoisotopic (exact) mass is 1000 g/mol. The molecule has 70 heavy (non-hydrogen) atoms. The van der Waals surface area contributed by atoms with E-state index in [0.29, 0.717) is 34.2 Å². The number of H-pyrrole nitrogens is 2. The van der Waals surface area contributed by atoms with Crippen LogP contribution < -0.4 is 35.0 Å². The predicted molar refractivity (Wildman–Crippen MR) is 261 cm³/mol. The van der Waals surface area contributed by atoms with E-state index in [4.69, 9.17) is 18.2 Å². The Balaban J connectivity index is 0.000000208. The van der Waals surface area contributed by atoms with Crippen LogP contribution in [0.15, 0.2) is 94.7 Å². The van der Waals surface area contributed by atoms with E-state index in [2.05, 4.69) is 46.5 Å². The number of hydrogen-bond donors (Lipinski definition) is 8. The number of aromatic amines is 2. The van der Waals surface area contributed by atoms with Crippen molar-refractivity contribution in [3.8, 4) is 11.5 Å². The van der Waals surface area contributed by atoms with Crippen LogP contribution >= 0.6 is 0 Å². The average Bonchev–Trinajstić information content (AvgIpc) is 4.14. The van der Waals surface area contributed by atoms with Crippen LogP contribution in [0.4, 0.5) is 28.1 Å². The number of aliphatic carboxylic acids is 1. The number of benzene rings is 4. The first-order valence-electron chi connectivity index (χ1n) is 22.7. The number of amides is 3. The third-order valence-corrected chi connectivity index (χ3v) is 13.5. The topological polar surface area (TPSA) is 302 Å². The van der Waals surface area contributed by atoms with Gasteiger partial charge in [0.15, 0.2) is 0 Å². The molecule has 0 spiro atoms. The van der Waals surface area contributed by atoms with Crippen molar-refractivity contribution >= 4 is 89.5 Å². The fourth-order valence-corrected chi connectivity index (χ4v) is 9.50. The Bertz CT molecular complexity index is 3050. The van der Waals surface area contributed by atoms with Crippen molar-refractivity contribution < 1.29 is 54.2 Å². The predicted octanol–water partition coefficient (Wildman–Crippen LogP) is 7.64. The van der Waals surface area contributed by atoms with Crippen LogP contribution in [-0.4, -0.2) is 90.0 Å². The fourth-order valence-electron chi connectivity index (χ4n) is 7.65. The summed E-state index contributed by atoms with van der Waals surface area (Å²) in [5, 5.41) is 22.9. The summed E-state index contributed by atoms with van der Waals surface area (Å²) >= 11 is 0. The number of fused-ring (bicyclic) bond motifs is 2. The number of rotatable bonds is 17. The fraction of sp³-hybridized carbons (Fsp3) is 0.362. The van der Waals surface area contributed by atoms with Gasteiger partial charge in [-0.1, -0.05) is 25.7 Å². The van der Waals surface area contributed by atoms with E-state index >= 15 is 0 Å². The lowest BCUT2D eigenvalue weighted by atomic mass is 10.2. The lowest BCUT2D eigenvalue weighted by molar-refractivity contribution is -0.138. The van der Waals surface area contributed by atoms with Crippen LogP contribution in [0.25, 0.3) is 22.1 Å². The zero-order chi connectivity index (χ0) is 50.1. The number of carbonyl (C=O) groups excluding carboxylic acids is 3. The van der Waals surface area contributed by atoms with Gasteiger partial charge in [-0.3, -0.25) is 25.0 Å². The molecule has 21 nitrogen and oxygen atoms in total. The molecule has 0 unspecified atom stereocenters. The number of carboxylic acids is 1. The van der Waals surface area contributed by atoms with E-state index in [-0.39, 0.29) is 52.6 Å². The summed E-state index contributed by atoms with van der Waals surface area (Å²) in [7, 11) is -8.09. The zero-order valence-corrected chi connectivity index (χ0v) is 40.3. The number of carbonyl (C=O) groups is 4. The van der Waals surface area contributed by atoms with Crippen molar-refractivity contribution in [3.63, 3.8) is 0 Å². The summed E-state index contributed by atoms with van der Waals surface area (Å²) in [6.07, 6.45) is 8.11. The molecule has 8 rings (SSSR count). The summed E-state index contributed by atoms with van der Waals surface area (Å²) in [5.74, 6) is -1.65. The Morgan fingerprint density at radius 2 is 1.06 bits per heavy atom. The van der Waals surface area contributed by atoms with E-state index in [1.54, 1.807) is 57.2 Å². The summed E-state index contributed by atoms with van der Waals surface area (Å²) in [5.41, 5.74) is 2.95. The first-order valence-corrected chi connectivity index (χ1v) is 25.5. The minimum absolute atomic E-state index is 0.0376. The number of carboxylic acid groups (broad SMARTS) is 1. The standard InChI is InChI=1S/C25H31N5O6S.C22H24N4O6S/c1-25(2,3)35-24(32)26-15-22(31)30-23-28-20-13-10-18(14-21(20)29-23)36-37(33,34)19-11-8-17(9-12-19)27-16-6-4-5-7-16;27-20(11-12-21(28)29)26-22-24-18-10-7-16(13-19(18)25-22)32-33(30,31)17-8-5-15(6-9-17)23-14-3-1-2-4-14/h8-14,16,27H,4-7,15H2,1-3H3,(H,26,32)(H2,28,29,30,31);5-10,13-14,23H,1-4,11-12H2,(H,28,29)(H2,24,25,26,27). The largest absolute Gasteiger partial charge is 0.481 e.